The molecule has 142 valence electrons. The first kappa shape index (κ1) is 19.7. The van der Waals surface area contributed by atoms with Gasteiger partial charge in [-0.1, -0.05) is 69.9 Å². The van der Waals surface area contributed by atoms with Crippen LogP contribution in [0.2, 0.25) is 0 Å². The number of sulfone groups is 1. The largest absolute Gasteiger partial charge is 0.339 e. The van der Waals surface area contributed by atoms with Crippen LogP contribution in [0.15, 0.2) is 54.6 Å². The number of nitrogens with zero attached hydrogens (tertiary/aromatic N) is 3. The highest BCUT2D eigenvalue weighted by molar-refractivity contribution is 14.1. The second-order valence-electron chi connectivity index (χ2n) is 6.06. The Morgan fingerprint density at radius 2 is 1.81 bits per heavy atom. The van der Waals surface area contributed by atoms with Gasteiger partial charge in [0.1, 0.15) is 11.0 Å². The number of halogens is 1. The summed E-state index contributed by atoms with van der Waals surface area (Å²) in [5.41, 5.74) is 2.08. The van der Waals surface area contributed by atoms with Crippen LogP contribution < -0.4 is 4.84 Å². The fraction of sp³-hybridized carbons (Fsp3) is 0.278. The lowest BCUT2D eigenvalue weighted by atomic mass is 10.2. The topological polar surface area (TPSA) is 91.2 Å². The van der Waals surface area contributed by atoms with Crippen LogP contribution >= 0.6 is 22.6 Å². The van der Waals surface area contributed by atoms with Crippen molar-refractivity contribution >= 4 is 49.4 Å². The third-order valence-electron chi connectivity index (χ3n) is 4.02. The summed E-state index contributed by atoms with van der Waals surface area (Å²) in [6, 6.07) is 16.4. The van der Waals surface area contributed by atoms with E-state index in [1.807, 2.05) is 52.9 Å². The Morgan fingerprint density at radius 1 is 1.11 bits per heavy atom. The summed E-state index contributed by atoms with van der Waals surface area (Å²) < 4.78 is 25.2. The van der Waals surface area contributed by atoms with Gasteiger partial charge in [0.05, 0.1) is 17.4 Å². The molecule has 3 aromatic rings. The minimum atomic E-state index is -3.41. The van der Waals surface area contributed by atoms with Crippen molar-refractivity contribution in [2.45, 2.75) is 6.42 Å². The summed E-state index contributed by atoms with van der Waals surface area (Å²) in [7, 11) is -3.41. The van der Waals surface area contributed by atoms with Crippen LogP contribution in [0.1, 0.15) is 5.56 Å². The first-order valence-electron chi connectivity index (χ1n) is 8.31. The van der Waals surface area contributed by atoms with E-state index >= 15 is 0 Å². The molecule has 0 saturated carbocycles. The van der Waals surface area contributed by atoms with Gasteiger partial charge in [-0.3, -0.25) is 0 Å². The Balaban J connectivity index is 1.64. The van der Waals surface area contributed by atoms with E-state index in [0.717, 1.165) is 10.4 Å². The molecule has 9 heteroatoms. The molecule has 0 radical (unpaired) electrons. The lowest BCUT2D eigenvalue weighted by Crippen LogP contribution is -2.34. The number of benzene rings is 2. The Bertz CT molecular complexity index is 1020. The van der Waals surface area contributed by atoms with Crippen molar-refractivity contribution in [3.63, 3.8) is 0 Å². The maximum Gasteiger partial charge on any atom is 0.339 e. The number of hydrogen-bond donors (Lipinski definition) is 0. The molecule has 0 spiro atoms. The molecule has 0 aliphatic carbocycles. The molecular formula is C18H18IN3O4S. The Morgan fingerprint density at radius 3 is 2.56 bits per heavy atom. The zero-order valence-electron chi connectivity index (χ0n) is 14.4. The number of fused-ring (bicyclic) bond motifs is 1. The van der Waals surface area contributed by atoms with E-state index in [0.29, 0.717) is 21.9 Å². The third-order valence-corrected chi connectivity index (χ3v) is 6.82. The highest BCUT2D eigenvalue weighted by Crippen LogP contribution is 2.13. The first-order valence-corrected chi connectivity index (χ1v) is 11.7. The zero-order valence-corrected chi connectivity index (χ0v) is 17.3. The number of alkyl halides is 1. The maximum absolute atomic E-state index is 12.5. The summed E-state index contributed by atoms with van der Waals surface area (Å²) in [4.78, 5) is 18.8. The maximum atomic E-state index is 12.5. The van der Waals surface area contributed by atoms with Gasteiger partial charge in [-0.15, -0.1) is 5.10 Å². The Hall–Kier alpha value is -2.01. The zero-order chi connectivity index (χ0) is 19.3. The van der Waals surface area contributed by atoms with Crippen LogP contribution in [0.25, 0.3) is 11.0 Å². The van der Waals surface area contributed by atoms with Gasteiger partial charge in [0, 0.05) is 4.43 Å². The number of para-hydroxylation sites is 1. The molecule has 0 aliphatic heterocycles. The van der Waals surface area contributed by atoms with Gasteiger partial charge < -0.3 is 4.84 Å². The minimum Gasteiger partial charge on any atom is -0.317 e. The summed E-state index contributed by atoms with van der Waals surface area (Å²) >= 11 is 1.99. The lowest BCUT2D eigenvalue weighted by Gasteiger charge is -2.13. The van der Waals surface area contributed by atoms with E-state index in [1.54, 1.807) is 24.3 Å². The van der Waals surface area contributed by atoms with Crippen LogP contribution in [-0.2, 0) is 21.1 Å². The predicted octanol–water partition coefficient (Wildman–Crippen LogP) is 2.10. The van der Waals surface area contributed by atoms with Crippen LogP contribution in [0.3, 0.4) is 0 Å². The van der Waals surface area contributed by atoms with Gasteiger partial charge in [-0.2, -0.15) is 0 Å². The van der Waals surface area contributed by atoms with Crippen molar-refractivity contribution in [1.29, 1.82) is 0 Å². The number of carbonyl (C=O) groups excluding carboxylic acids is 1. The fourth-order valence-electron chi connectivity index (χ4n) is 2.56. The van der Waals surface area contributed by atoms with Gasteiger partial charge in [0.25, 0.3) is 0 Å². The molecule has 0 N–H and O–H groups in total. The van der Waals surface area contributed by atoms with Gasteiger partial charge >= 0.3 is 5.97 Å². The predicted molar refractivity (Wildman–Crippen MR) is 110 cm³/mol. The summed E-state index contributed by atoms with van der Waals surface area (Å²) in [6.45, 7) is 0. The molecule has 1 heterocycles. The molecule has 1 atom stereocenters. The summed E-state index contributed by atoms with van der Waals surface area (Å²) in [5, 5.41) is 7.71. The smallest absolute Gasteiger partial charge is 0.317 e. The van der Waals surface area contributed by atoms with Crippen molar-refractivity contribution < 1.29 is 18.0 Å². The summed E-state index contributed by atoms with van der Waals surface area (Å²) in [6.07, 6.45) is 0.417. The summed E-state index contributed by atoms with van der Waals surface area (Å²) in [5.74, 6) is -1.67. The molecule has 7 nitrogen and oxygen atoms in total. The van der Waals surface area contributed by atoms with E-state index in [-0.39, 0.29) is 11.5 Å². The van der Waals surface area contributed by atoms with E-state index < -0.39 is 21.7 Å². The number of carbonyl (C=O) groups is 1. The highest BCUT2D eigenvalue weighted by atomic mass is 127. The van der Waals surface area contributed by atoms with Crippen molar-refractivity contribution in [2.24, 2.45) is 5.92 Å². The highest BCUT2D eigenvalue weighted by Gasteiger charge is 2.27. The monoisotopic (exact) mass is 499 g/mol. The Kier molecular flexibility index (Phi) is 6.42. The molecule has 0 fully saturated rings. The SMILES string of the molecule is O=C(On1nnc2ccccc21)C(CI)CS(=O)(=O)CCc1ccccc1. The first-order chi connectivity index (χ1) is 13.0. The molecule has 1 aromatic heterocycles. The molecule has 2 aromatic carbocycles. The van der Waals surface area contributed by atoms with Crippen LogP contribution in [-0.4, -0.2) is 45.5 Å². The average molecular weight is 499 g/mol. The Labute approximate surface area is 170 Å². The number of rotatable bonds is 8. The van der Waals surface area contributed by atoms with E-state index in [1.165, 1.54) is 0 Å². The molecule has 27 heavy (non-hydrogen) atoms. The fourth-order valence-corrected chi connectivity index (χ4v) is 5.23. The second kappa shape index (κ2) is 8.79. The minimum absolute atomic E-state index is 0.0102. The van der Waals surface area contributed by atoms with Gasteiger partial charge in [0.15, 0.2) is 9.84 Å². The third kappa shape index (κ3) is 5.25. The molecule has 0 saturated heterocycles. The van der Waals surface area contributed by atoms with Crippen LogP contribution in [0.5, 0.6) is 0 Å². The second-order valence-corrected chi connectivity index (χ2v) is 9.17. The van der Waals surface area contributed by atoms with Gasteiger partial charge in [-0.05, 0) is 29.3 Å². The van der Waals surface area contributed by atoms with E-state index in [2.05, 4.69) is 10.3 Å². The average Bonchev–Trinajstić information content (AvgIpc) is 3.08. The van der Waals surface area contributed by atoms with E-state index in [4.69, 9.17) is 4.84 Å². The van der Waals surface area contributed by atoms with E-state index in [9.17, 15) is 13.2 Å². The van der Waals surface area contributed by atoms with Crippen molar-refractivity contribution in [1.82, 2.24) is 15.2 Å². The quantitative estimate of drug-likeness (QED) is 0.268. The molecule has 0 bridgehead atoms. The molecule has 0 amide bonds. The standard InChI is InChI=1S/C18H18IN3O4S/c19-12-15(13-27(24,25)11-10-14-6-2-1-3-7-14)18(23)26-22-17-9-5-4-8-16(17)20-21-22/h1-9,15H,10-13H2. The van der Waals surface area contributed by atoms with Gasteiger partial charge in [0.2, 0.25) is 0 Å². The molecule has 1 unspecified atom stereocenters. The number of aryl methyl sites for hydroxylation is 1. The van der Waals surface area contributed by atoms with Crippen molar-refractivity contribution in [3.05, 3.63) is 60.2 Å². The number of aromatic nitrogens is 3. The van der Waals surface area contributed by atoms with Crippen LogP contribution in [0.4, 0.5) is 0 Å². The van der Waals surface area contributed by atoms with Crippen LogP contribution in [0, 0.1) is 5.92 Å². The van der Waals surface area contributed by atoms with Crippen molar-refractivity contribution in [2.75, 3.05) is 15.9 Å². The molecule has 3 rings (SSSR count). The molecular weight excluding hydrogens is 481 g/mol. The lowest BCUT2D eigenvalue weighted by molar-refractivity contribution is -0.148. The van der Waals surface area contributed by atoms with Gasteiger partial charge in [-0.25, -0.2) is 13.2 Å². The van der Waals surface area contributed by atoms with Crippen molar-refractivity contribution in [3.8, 4) is 0 Å². The molecule has 0 aliphatic rings. The normalized spacial score (nSPS) is 12.8. The number of hydrogen-bond acceptors (Lipinski definition) is 6.